The standard InChI is InChI=1S/C12H16N2O3/c1-8(2)17-7-11(15)14-10-5-3-9(4-6-10)12(13)16/h3-6,8H,7H2,1-2H3,(H2,13,16)(H,14,15). The van der Waals surface area contributed by atoms with Crippen LogP contribution in [0.25, 0.3) is 0 Å². The molecule has 2 amide bonds. The number of rotatable bonds is 5. The van der Waals surface area contributed by atoms with Crippen LogP contribution in [0, 0.1) is 0 Å². The molecule has 0 saturated heterocycles. The predicted octanol–water partition coefficient (Wildman–Crippen LogP) is 1.15. The van der Waals surface area contributed by atoms with Gasteiger partial charge in [0.15, 0.2) is 0 Å². The van der Waals surface area contributed by atoms with E-state index in [0.717, 1.165) is 0 Å². The Morgan fingerprint density at radius 1 is 1.29 bits per heavy atom. The van der Waals surface area contributed by atoms with Crippen LogP contribution >= 0.6 is 0 Å². The molecule has 0 aliphatic heterocycles. The molecular weight excluding hydrogens is 220 g/mol. The lowest BCUT2D eigenvalue weighted by molar-refractivity contribution is -0.121. The van der Waals surface area contributed by atoms with Crippen LogP contribution in [0.5, 0.6) is 0 Å². The molecule has 1 aromatic rings. The van der Waals surface area contributed by atoms with Gasteiger partial charge in [-0.3, -0.25) is 9.59 Å². The summed E-state index contributed by atoms with van der Waals surface area (Å²) >= 11 is 0. The highest BCUT2D eigenvalue weighted by atomic mass is 16.5. The molecule has 17 heavy (non-hydrogen) atoms. The van der Waals surface area contributed by atoms with E-state index in [0.29, 0.717) is 11.3 Å². The Morgan fingerprint density at radius 3 is 2.35 bits per heavy atom. The lowest BCUT2D eigenvalue weighted by atomic mass is 10.2. The fourth-order valence-electron chi connectivity index (χ4n) is 1.16. The summed E-state index contributed by atoms with van der Waals surface area (Å²) in [5.41, 5.74) is 6.11. The number of amides is 2. The topological polar surface area (TPSA) is 81.4 Å². The van der Waals surface area contributed by atoms with Crippen LogP contribution in [0.2, 0.25) is 0 Å². The monoisotopic (exact) mass is 236 g/mol. The van der Waals surface area contributed by atoms with Gasteiger partial charge in [0.2, 0.25) is 11.8 Å². The molecule has 1 aromatic carbocycles. The molecule has 0 aliphatic rings. The minimum absolute atomic E-state index is 0.00916. The number of nitrogens with two attached hydrogens (primary N) is 1. The molecule has 0 saturated carbocycles. The summed E-state index contributed by atoms with van der Waals surface area (Å²) in [5, 5.41) is 2.65. The highest BCUT2D eigenvalue weighted by Gasteiger charge is 2.05. The Balaban J connectivity index is 2.51. The molecule has 0 bridgehead atoms. The van der Waals surface area contributed by atoms with E-state index >= 15 is 0 Å². The van der Waals surface area contributed by atoms with Crippen molar-refractivity contribution < 1.29 is 14.3 Å². The minimum Gasteiger partial charge on any atom is -0.369 e. The number of carbonyl (C=O) groups is 2. The molecule has 0 unspecified atom stereocenters. The van der Waals surface area contributed by atoms with Crippen LogP contribution in [-0.2, 0) is 9.53 Å². The Bertz CT molecular complexity index is 399. The number of benzene rings is 1. The number of hydrogen-bond acceptors (Lipinski definition) is 3. The van der Waals surface area contributed by atoms with Gasteiger partial charge >= 0.3 is 0 Å². The molecule has 0 spiro atoms. The SMILES string of the molecule is CC(C)OCC(=O)Nc1ccc(C(N)=O)cc1. The number of nitrogens with one attached hydrogen (secondary N) is 1. The summed E-state index contributed by atoms with van der Waals surface area (Å²) in [6, 6.07) is 6.35. The molecule has 0 atom stereocenters. The molecule has 0 heterocycles. The third-order valence-corrected chi connectivity index (χ3v) is 2.00. The zero-order valence-electron chi connectivity index (χ0n) is 9.90. The molecular formula is C12H16N2O3. The number of hydrogen-bond donors (Lipinski definition) is 2. The van der Waals surface area contributed by atoms with Crippen molar-refractivity contribution in [3.63, 3.8) is 0 Å². The summed E-state index contributed by atoms with van der Waals surface area (Å²) in [6.07, 6.45) is 0.0120. The van der Waals surface area contributed by atoms with Crippen LogP contribution in [-0.4, -0.2) is 24.5 Å². The Hall–Kier alpha value is -1.88. The van der Waals surface area contributed by atoms with Gasteiger partial charge in [-0.25, -0.2) is 0 Å². The van der Waals surface area contributed by atoms with Gasteiger partial charge in [-0.05, 0) is 38.1 Å². The summed E-state index contributed by atoms with van der Waals surface area (Å²) in [4.78, 5) is 22.2. The summed E-state index contributed by atoms with van der Waals surface area (Å²) < 4.78 is 5.15. The van der Waals surface area contributed by atoms with Crippen LogP contribution in [0.15, 0.2) is 24.3 Å². The number of anilines is 1. The average molecular weight is 236 g/mol. The van der Waals surface area contributed by atoms with Gasteiger partial charge in [0.05, 0.1) is 6.10 Å². The molecule has 3 N–H and O–H groups in total. The van der Waals surface area contributed by atoms with Crippen molar-refractivity contribution in [1.29, 1.82) is 0 Å². The smallest absolute Gasteiger partial charge is 0.250 e. The molecule has 5 heteroatoms. The molecule has 92 valence electrons. The van der Waals surface area contributed by atoms with Crippen LogP contribution < -0.4 is 11.1 Å². The second-order valence-electron chi connectivity index (χ2n) is 3.85. The number of ether oxygens (including phenoxy) is 1. The van der Waals surface area contributed by atoms with Gasteiger partial charge in [-0.2, -0.15) is 0 Å². The third-order valence-electron chi connectivity index (χ3n) is 2.00. The van der Waals surface area contributed by atoms with Crippen molar-refractivity contribution in [2.24, 2.45) is 5.73 Å². The largest absolute Gasteiger partial charge is 0.369 e. The Kier molecular flexibility index (Phi) is 4.66. The molecule has 0 aromatic heterocycles. The van der Waals surface area contributed by atoms with Gasteiger partial charge in [0.1, 0.15) is 6.61 Å². The maximum Gasteiger partial charge on any atom is 0.250 e. The third kappa shape index (κ3) is 4.65. The first kappa shape index (κ1) is 13.2. The van der Waals surface area contributed by atoms with Crippen molar-refractivity contribution in [3.05, 3.63) is 29.8 Å². The van der Waals surface area contributed by atoms with E-state index < -0.39 is 5.91 Å². The maximum atomic E-state index is 11.4. The van der Waals surface area contributed by atoms with Gasteiger partial charge in [-0.1, -0.05) is 0 Å². The average Bonchev–Trinajstić information content (AvgIpc) is 2.27. The second-order valence-corrected chi connectivity index (χ2v) is 3.85. The predicted molar refractivity (Wildman–Crippen MR) is 64.7 cm³/mol. The van der Waals surface area contributed by atoms with Crippen LogP contribution in [0.4, 0.5) is 5.69 Å². The number of carbonyl (C=O) groups excluding carboxylic acids is 2. The van der Waals surface area contributed by atoms with E-state index in [-0.39, 0.29) is 18.6 Å². The van der Waals surface area contributed by atoms with E-state index in [1.807, 2.05) is 13.8 Å². The first-order chi connectivity index (χ1) is 7.99. The fraction of sp³-hybridized carbons (Fsp3) is 0.333. The lowest BCUT2D eigenvalue weighted by Gasteiger charge is -2.08. The number of primary amides is 1. The van der Waals surface area contributed by atoms with Crippen molar-refractivity contribution in [2.75, 3.05) is 11.9 Å². The van der Waals surface area contributed by atoms with Gasteiger partial charge in [-0.15, -0.1) is 0 Å². The van der Waals surface area contributed by atoms with Crippen LogP contribution in [0.1, 0.15) is 24.2 Å². The summed E-state index contributed by atoms with van der Waals surface area (Å²) in [7, 11) is 0. The zero-order valence-corrected chi connectivity index (χ0v) is 9.90. The van der Waals surface area contributed by atoms with Gasteiger partial charge in [0.25, 0.3) is 0 Å². The van der Waals surface area contributed by atoms with E-state index in [2.05, 4.69) is 5.32 Å². The Morgan fingerprint density at radius 2 is 1.88 bits per heavy atom. The summed E-state index contributed by atoms with van der Waals surface area (Å²) in [5.74, 6) is -0.725. The maximum absolute atomic E-state index is 11.4. The molecule has 1 rings (SSSR count). The van der Waals surface area contributed by atoms with Gasteiger partial charge < -0.3 is 15.8 Å². The normalized spacial score (nSPS) is 10.3. The zero-order chi connectivity index (χ0) is 12.8. The van der Waals surface area contributed by atoms with E-state index in [9.17, 15) is 9.59 Å². The first-order valence-corrected chi connectivity index (χ1v) is 5.30. The van der Waals surface area contributed by atoms with Gasteiger partial charge in [0, 0.05) is 11.3 Å². The van der Waals surface area contributed by atoms with Crippen LogP contribution in [0.3, 0.4) is 0 Å². The molecule has 0 aliphatic carbocycles. The van der Waals surface area contributed by atoms with E-state index in [4.69, 9.17) is 10.5 Å². The minimum atomic E-state index is -0.494. The highest BCUT2D eigenvalue weighted by molar-refractivity contribution is 5.95. The summed E-state index contributed by atoms with van der Waals surface area (Å²) in [6.45, 7) is 3.72. The van der Waals surface area contributed by atoms with Crippen molar-refractivity contribution in [1.82, 2.24) is 0 Å². The molecule has 0 radical (unpaired) electrons. The first-order valence-electron chi connectivity index (χ1n) is 5.30. The second kappa shape index (κ2) is 6.00. The van der Waals surface area contributed by atoms with E-state index in [1.54, 1.807) is 24.3 Å². The van der Waals surface area contributed by atoms with Crippen molar-refractivity contribution >= 4 is 17.5 Å². The van der Waals surface area contributed by atoms with Crippen molar-refractivity contribution in [2.45, 2.75) is 20.0 Å². The van der Waals surface area contributed by atoms with Crippen molar-refractivity contribution in [3.8, 4) is 0 Å². The van der Waals surface area contributed by atoms with E-state index in [1.165, 1.54) is 0 Å². The Labute approximate surface area is 99.9 Å². The fourth-order valence-corrected chi connectivity index (χ4v) is 1.16. The molecule has 0 fully saturated rings. The quantitative estimate of drug-likeness (QED) is 0.804. The lowest BCUT2D eigenvalue weighted by Crippen LogP contribution is -2.20. The molecule has 5 nitrogen and oxygen atoms in total. The highest BCUT2D eigenvalue weighted by Crippen LogP contribution is 2.09.